The Balaban J connectivity index is 1.84. The lowest BCUT2D eigenvalue weighted by Crippen LogP contribution is -2.35. The monoisotopic (exact) mass is 290 g/mol. The van der Waals surface area contributed by atoms with Crippen LogP contribution in [-0.4, -0.2) is 16.6 Å². The van der Waals surface area contributed by atoms with Crippen molar-refractivity contribution < 1.29 is 4.74 Å². The molecule has 1 aromatic rings. The van der Waals surface area contributed by atoms with Crippen LogP contribution in [0.4, 0.5) is 0 Å². The van der Waals surface area contributed by atoms with Crippen molar-refractivity contribution >= 4 is 0 Å². The lowest BCUT2D eigenvalue weighted by Gasteiger charge is -2.28. The van der Waals surface area contributed by atoms with Crippen molar-refractivity contribution in [3.8, 4) is 5.88 Å². The van der Waals surface area contributed by atoms with Gasteiger partial charge in [-0.1, -0.05) is 25.8 Å². The van der Waals surface area contributed by atoms with E-state index in [1.807, 2.05) is 12.3 Å². The van der Waals surface area contributed by atoms with E-state index in [-0.39, 0.29) is 5.54 Å². The van der Waals surface area contributed by atoms with E-state index in [4.69, 9.17) is 4.74 Å². The Kier molecular flexibility index (Phi) is 5.63. The molecule has 1 aliphatic rings. The Morgan fingerprint density at radius 2 is 2.10 bits per heavy atom. The summed E-state index contributed by atoms with van der Waals surface area (Å²) in [6.45, 7) is 9.64. The first-order valence-electron chi connectivity index (χ1n) is 8.33. The number of aromatic nitrogens is 1. The Labute approximate surface area is 129 Å². The second kappa shape index (κ2) is 7.26. The third-order valence-electron chi connectivity index (χ3n) is 4.22. The van der Waals surface area contributed by atoms with Crippen LogP contribution in [0.1, 0.15) is 65.4 Å². The highest BCUT2D eigenvalue weighted by molar-refractivity contribution is 5.18. The smallest absolute Gasteiger partial charge is 0.213 e. The van der Waals surface area contributed by atoms with Crippen LogP contribution in [-0.2, 0) is 6.54 Å². The molecule has 1 N–H and O–H groups in total. The van der Waals surface area contributed by atoms with Crippen molar-refractivity contribution in [2.24, 2.45) is 5.92 Å². The molecule has 1 aromatic heterocycles. The number of nitrogens with one attached hydrogen (secondary N) is 1. The van der Waals surface area contributed by atoms with Crippen LogP contribution in [0.15, 0.2) is 18.3 Å². The summed E-state index contributed by atoms with van der Waals surface area (Å²) in [5.74, 6) is 1.61. The van der Waals surface area contributed by atoms with E-state index in [1.54, 1.807) is 0 Å². The molecule has 1 fully saturated rings. The van der Waals surface area contributed by atoms with E-state index in [1.165, 1.54) is 37.7 Å². The predicted octanol–water partition coefficient (Wildman–Crippen LogP) is 4.32. The molecule has 0 spiro atoms. The van der Waals surface area contributed by atoms with Crippen molar-refractivity contribution in [2.75, 3.05) is 0 Å². The number of rotatable bonds is 5. The Morgan fingerprint density at radius 3 is 2.71 bits per heavy atom. The molecule has 1 saturated carbocycles. The Bertz CT molecular complexity index is 422. The molecule has 21 heavy (non-hydrogen) atoms. The van der Waals surface area contributed by atoms with Gasteiger partial charge >= 0.3 is 0 Å². The molecule has 1 aliphatic carbocycles. The highest BCUT2D eigenvalue weighted by Crippen LogP contribution is 2.29. The third kappa shape index (κ3) is 5.66. The maximum absolute atomic E-state index is 6.06. The van der Waals surface area contributed by atoms with Gasteiger partial charge in [0.25, 0.3) is 0 Å². The summed E-state index contributed by atoms with van der Waals surface area (Å²) in [5, 5.41) is 3.47. The van der Waals surface area contributed by atoms with E-state index in [0.29, 0.717) is 6.10 Å². The topological polar surface area (TPSA) is 34.1 Å². The maximum atomic E-state index is 6.06. The molecule has 0 bridgehead atoms. The van der Waals surface area contributed by atoms with Gasteiger partial charge in [-0.3, -0.25) is 0 Å². The molecule has 1 heterocycles. The lowest BCUT2D eigenvalue weighted by atomic mass is 9.85. The number of hydrogen-bond acceptors (Lipinski definition) is 3. The average molecular weight is 290 g/mol. The molecule has 0 amide bonds. The van der Waals surface area contributed by atoms with Gasteiger partial charge in [0.15, 0.2) is 0 Å². The van der Waals surface area contributed by atoms with Gasteiger partial charge in [0.2, 0.25) is 5.88 Å². The van der Waals surface area contributed by atoms with E-state index < -0.39 is 0 Å². The van der Waals surface area contributed by atoms with Crippen molar-refractivity contribution in [2.45, 2.75) is 78.0 Å². The zero-order valence-electron chi connectivity index (χ0n) is 14.0. The van der Waals surface area contributed by atoms with Crippen LogP contribution in [0.3, 0.4) is 0 Å². The summed E-state index contributed by atoms with van der Waals surface area (Å²) >= 11 is 0. The van der Waals surface area contributed by atoms with E-state index >= 15 is 0 Å². The van der Waals surface area contributed by atoms with Gasteiger partial charge in [-0.05, 0) is 51.5 Å². The Morgan fingerprint density at radius 1 is 1.29 bits per heavy atom. The molecular formula is C18H30N2O. The fraction of sp³-hybridized carbons (Fsp3) is 0.722. The van der Waals surface area contributed by atoms with Gasteiger partial charge in [0.1, 0.15) is 6.10 Å². The fourth-order valence-electron chi connectivity index (χ4n) is 2.84. The zero-order valence-corrected chi connectivity index (χ0v) is 14.0. The maximum Gasteiger partial charge on any atom is 0.213 e. The van der Waals surface area contributed by atoms with Crippen LogP contribution in [0.5, 0.6) is 5.88 Å². The third-order valence-corrected chi connectivity index (χ3v) is 4.22. The van der Waals surface area contributed by atoms with Crippen molar-refractivity contribution in [1.82, 2.24) is 10.3 Å². The quantitative estimate of drug-likeness (QED) is 0.877. The first-order chi connectivity index (χ1) is 9.96. The van der Waals surface area contributed by atoms with Gasteiger partial charge in [0, 0.05) is 24.3 Å². The molecule has 0 aromatic carbocycles. The van der Waals surface area contributed by atoms with Crippen molar-refractivity contribution in [3.63, 3.8) is 0 Å². The average Bonchev–Trinajstić information content (AvgIpc) is 2.46. The van der Waals surface area contributed by atoms with Crippen molar-refractivity contribution in [1.29, 1.82) is 0 Å². The first kappa shape index (κ1) is 16.3. The molecule has 2 atom stereocenters. The number of hydrogen-bond donors (Lipinski definition) is 1. The fourth-order valence-corrected chi connectivity index (χ4v) is 2.84. The summed E-state index contributed by atoms with van der Waals surface area (Å²) in [6.07, 6.45) is 8.56. The van der Waals surface area contributed by atoms with Crippen molar-refractivity contribution in [3.05, 3.63) is 23.9 Å². The highest BCUT2D eigenvalue weighted by Gasteiger charge is 2.22. The van der Waals surface area contributed by atoms with Gasteiger partial charge in [0.05, 0.1) is 0 Å². The van der Waals surface area contributed by atoms with Crippen LogP contribution < -0.4 is 10.1 Å². The van der Waals surface area contributed by atoms with Crippen LogP contribution in [0.25, 0.3) is 0 Å². The molecule has 0 radical (unpaired) electrons. The number of pyridine rings is 1. The second-order valence-electron chi connectivity index (χ2n) is 7.29. The first-order valence-corrected chi connectivity index (χ1v) is 8.33. The van der Waals surface area contributed by atoms with Crippen LogP contribution in [0.2, 0.25) is 0 Å². The summed E-state index contributed by atoms with van der Waals surface area (Å²) in [5.41, 5.74) is 1.33. The largest absolute Gasteiger partial charge is 0.474 e. The number of nitrogens with zero attached hydrogens (tertiary/aromatic N) is 1. The molecule has 2 unspecified atom stereocenters. The minimum atomic E-state index is 0.131. The SMILES string of the molecule is CCC1CCCC(Oc2ccc(CNC(C)(C)C)cn2)C1. The lowest BCUT2D eigenvalue weighted by molar-refractivity contribution is 0.117. The van der Waals surface area contributed by atoms with E-state index in [9.17, 15) is 0 Å². The standard InChI is InChI=1S/C18H30N2O/c1-5-14-7-6-8-16(11-14)21-17-10-9-15(12-19-17)13-20-18(2,3)4/h9-10,12,14,16,20H,5-8,11,13H2,1-4H3. The van der Waals surface area contributed by atoms with Crippen LogP contribution in [0, 0.1) is 5.92 Å². The van der Waals surface area contributed by atoms with E-state index in [0.717, 1.165) is 18.3 Å². The summed E-state index contributed by atoms with van der Waals surface area (Å²) in [6, 6.07) is 4.12. The predicted molar refractivity (Wildman–Crippen MR) is 87.5 cm³/mol. The number of ether oxygens (including phenoxy) is 1. The molecule has 3 nitrogen and oxygen atoms in total. The molecule has 2 rings (SSSR count). The molecule has 3 heteroatoms. The summed E-state index contributed by atoms with van der Waals surface area (Å²) in [4.78, 5) is 4.46. The van der Waals surface area contributed by atoms with Gasteiger partial charge in [-0.25, -0.2) is 4.98 Å². The molecule has 118 valence electrons. The van der Waals surface area contributed by atoms with Gasteiger partial charge in [-0.2, -0.15) is 0 Å². The molecule has 0 aliphatic heterocycles. The summed E-state index contributed by atoms with van der Waals surface area (Å²) < 4.78 is 6.06. The van der Waals surface area contributed by atoms with Gasteiger partial charge < -0.3 is 10.1 Å². The minimum Gasteiger partial charge on any atom is -0.474 e. The molecular weight excluding hydrogens is 260 g/mol. The zero-order chi connectivity index (χ0) is 15.3. The highest BCUT2D eigenvalue weighted by atomic mass is 16.5. The second-order valence-corrected chi connectivity index (χ2v) is 7.29. The van der Waals surface area contributed by atoms with Gasteiger partial charge in [-0.15, -0.1) is 0 Å². The minimum absolute atomic E-state index is 0.131. The normalized spacial score (nSPS) is 23.0. The Hall–Kier alpha value is -1.09. The summed E-state index contributed by atoms with van der Waals surface area (Å²) in [7, 11) is 0. The van der Waals surface area contributed by atoms with E-state index in [2.05, 4.69) is 44.1 Å². The van der Waals surface area contributed by atoms with Crippen LogP contribution >= 0.6 is 0 Å². The molecule has 0 saturated heterocycles.